The molecule has 0 rings (SSSR count). The highest BCUT2D eigenvalue weighted by molar-refractivity contribution is 9.09. The molecular weight excluding hydrogens is 220 g/mol. The van der Waals surface area contributed by atoms with Crippen LogP contribution in [0.5, 0.6) is 0 Å². The summed E-state index contributed by atoms with van der Waals surface area (Å²) in [5.74, 6) is 0.157. The molecule has 0 aliphatic heterocycles. The van der Waals surface area contributed by atoms with Gasteiger partial charge >= 0.3 is 5.97 Å². The molecule has 0 aliphatic rings. The van der Waals surface area contributed by atoms with E-state index in [1.54, 1.807) is 6.92 Å². The second-order valence-corrected chi connectivity index (χ2v) is 3.35. The van der Waals surface area contributed by atoms with E-state index in [2.05, 4.69) is 15.9 Å². The maximum atomic E-state index is 11.2. The Hall–Kier alpha value is -0.310. The van der Waals surface area contributed by atoms with E-state index in [-0.39, 0.29) is 5.97 Å². The zero-order valence-electron chi connectivity index (χ0n) is 7.76. The normalized spacial score (nSPS) is 11.9. The molecule has 0 N–H and O–H groups in total. The van der Waals surface area contributed by atoms with E-state index < -0.39 is 0 Å². The molecule has 0 aromatic rings. The van der Waals surface area contributed by atoms with Crippen LogP contribution in [0.4, 0.5) is 0 Å². The average Bonchev–Trinajstić information content (AvgIpc) is 2.00. The highest BCUT2D eigenvalue weighted by atomic mass is 79.9. The van der Waals surface area contributed by atoms with Gasteiger partial charge in [0.1, 0.15) is 0 Å². The molecule has 0 aromatic carbocycles. The first kappa shape index (κ1) is 11.7. The van der Waals surface area contributed by atoms with Gasteiger partial charge in [-0.1, -0.05) is 35.9 Å². The fourth-order valence-corrected chi connectivity index (χ4v) is 1.21. The number of alkyl halides is 1. The standard InChI is InChI=1S/C9H15BrO2/c1-4-12-9(11)8(6-10)5-7(2)3/h5,7H,4,6H2,1-3H3. The lowest BCUT2D eigenvalue weighted by Crippen LogP contribution is -2.09. The Morgan fingerprint density at radius 2 is 2.17 bits per heavy atom. The fraction of sp³-hybridized carbons (Fsp3) is 0.667. The zero-order valence-corrected chi connectivity index (χ0v) is 9.35. The lowest BCUT2D eigenvalue weighted by atomic mass is 10.1. The Kier molecular flexibility index (Phi) is 6.07. The van der Waals surface area contributed by atoms with E-state index in [1.165, 1.54) is 0 Å². The zero-order chi connectivity index (χ0) is 9.56. The number of halogens is 1. The number of allylic oxidation sites excluding steroid dienone is 1. The van der Waals surface area contributed by atoms with Crippen molar-refractivity contribution in [3.63, 3.8) is 0 Å². The molecule has 0 unspecified atom stereocenters. The van der Waals surface area contributed by atoms with Crippen LogP contribution >= 0.6 is 15.9 Å². The minimum Gasteiger partial charge on any atom is -0.463 e. The molecule has 0 spiro atoms. The van der Waals surface area contributed by atoms with Crippen LogP contribution in [0, 0.1) is 5.92 Å². The van der Waals surface area contributed by atoms with Crippen molar-refractivity contribution in [3.8, 4) is 0 Å². The molecule has 0 atom stereocenters. The summed E-state index contributed by atoms with van der Waals surface area (Å²) in [7, 11) is 0. The summed E-state index contributed by atoms with van der Waals surface area (Å²) in [5, 5.41) is 0.560. The SMILES string of the molecule is CCOC(=O)C(=CC(C)C)CBr. The first-order chi connectivity index (χ1) is 5.61. The molecule has 3 heteroatoms. The summed E-state index contributed by atoms with van der Waals surface area (Å²) in [5.41, 5.74) is 0.701. The minimum atomic E-state index is -0.219. The van der Waals surface area contributed by atoms with Gasteiger partial charge in [0, 0.05) is 10.9 Å². The predicted molar refractivity (Wildman–Crippen MR) is 53.3 cm³/mol. The fourth-order valence-electron chi connectivity index (χ4n) is 0.793. The van der Waals surface area contributed by atoms with Gasteiger partial charge in [0.05, 0.1) is 6.61 Å². The van der Waals surface area contributed by atoms with E-state index in [1.807, 2.05) is 19.9 Å². The maximum absolute atomic E-state index is 11.2. The van der Waals surface area contributed by atoms with Crippen LogP contribution in [0.2, 0.25) is 0 Å². The Morgan fingerprint density at radius 3 is 2.50 bits per heavy atom. The number of hydrogen-bond donors (Lipinski definition) is 0. The molecule has 0 heterocycles. The van der Waals surface area contributed by atoms with Crippen LogP contribution in [0.3, 0.4) is 0 Å². The van der Waals surface area contributed by atoms with Crippen molar-refractivity contribution in [3.05, 3.63) is 11.6 Å². The third-order valence-electron chi connectivity index (χ3n) is 1.22. The molecule has 0 fully saturated rings. The predicted octanol–water partition coefficient (Wildman–Crippen LogP) is 2.53. The molecule has 70 valence electrons. The number of carbonyl (C=O) groups is 1. The summed E-state index contributed by atoms with van der Waals surface area (Å²) in [4.78, 5) is 11.2. The van der Waals surface area contributed by atoms with Crippen molar-refractivity contribution in [1.29, 1.82) is 0 Å². The summed E-state index contributed by atoms with van der Waals surface area (Å²) >= 11 is 3.25. The van der Waals surface area contributed by atoms with Gasteiger partial charge in [0.25, 0.3) is 0 Å². The molecule has 0 aromatic heterocycles. The Labute approximate surface area is 82.1 Å². The van der Waals surface area contributed by atoms with Gasteiger partial charge < -0.3 is 4.74 Å². The van der Waals surface area contributed by atoms with E-state index in [0.717, 1.165) is 0 Å². The molecule has 2 nitrogen and oxygen atoms in total. The van der Waals surface area contributed by atoms with E-state index in [4.69, 9.17) is 4.74 Å². The van der Waals surface area contributed by atoms with Crippen LogP contribution in [-0.2, 0) is 9.53 Å². The quantitative estimate of drug-likeness (QED) is 0.425. The third-order valence-corrected chi connectivity index (χ3v) is 1.82. The van der Waals surface area contributed by atoms with E-state index in [9.17, 15) is 4.79 Å². The van der Waals surface area contributed by atoms with Gasteiger partial charge in [0.15, 0.2) is 0 Å². The van der Waals surface area contributed by atoms with Gasteiger partial charge in [0.2, 0.25) is 0 Å². The lowest BCUT2D eigenvalue weighted by Gasteiger charge is -2.04. The molecule has 0 bridgehead atoms. The maximum Gasteiger partial charge on any atom is 0.334 e. The number of hydrogen-bond acceptors (Lipinski definition) is 2. The van der Waals surface area contributed by atoms with Crippen molar-refractivity contribution in [2.75, 3.05) is 11.9 Å². The minimum absolute atomic E-state index is 0.219. The summed E-state index contributed by atoms with van der Waals surface area (Å²) in [6.45, 7) is 6.30. The average molecular weight is 235 g/mol. The smallest absolute Gasteiger partial charge is 0.334 e. The van der Waals surface area contributed by atoms with E-state index >= 15 is 0 Å². The third kappa shape index (κ3) is 4.54. The molecule has 0 saturated carbocycles. The second kappa shape index (κ2) is 6.23. The Morgan fingerprint density at radius 1 is 1.58 bits per heavy atom. The topological polar surface area (TPSA) is 26.3 Å². The van der Waals surface area contributed by atoms with Gasteiger partial charge in [-0.2, -0.15) is 0 Å². The first-order valence-corrected chi connectivity index (χ1v) is 5.17. The van der Waals surface area contributed by atoms with Crippen molar-refractivity contribution in [2.24, 2.45) is 5.92 Å². The number of carbonyl (C=O) groups excluding carboxylic acids is 1. The molecule has 0 amide bonds. The largest absolute Gasteiger partial charge is 0.463 e. The van der Waals surface area contributed by atoms with Crippen LogP contribution < -0.4 is 0 Å². The highest BCUT2D eigenvalue weighted by Gasteiger charge is 2.08. The summed E-state index contributed by atoms with van der Waals surface area (Å²) < 4.78 is 4.86. The number of ether oxygens (including phenoxy) is 1. The van der Waals surface area contributed by atoms with Gasteiger partial charge in [-0.15, -0.1) is 0 Å². The van der Waals surface area contributed by atoms with Gasteiger partial charge in [-0.25, -0.2) is 4.79 Å². The monoisotopic (exact) mass is 234 g/mol. The van der Waals surface area contributed by atoms with E-state index in [0.29, 0.717) is 23.4 Å². The summed E-state index contributed by atoms with van der Waals surface area (Å²) in [6.07, 6.45) is 1.91. The van der Waals surface area contributed by atoms with Crippen LogP contribution in [0.15, 0.2) is 11.6 Å². The van der Waals surface area contributed by atoms with Gasteiger partial charge in [-0.3, -0.25) is 0 Å². The van der Waals surface area contributed by atoms with Crippen LogP contribution in [-0.4, -0.2) is 17.9 Å². The second-order valence-electron chi connectivity index (χ2n) is 2.79. The van der Waals surface area contributed by atoms with Crippen molar-refractivity contribution in [2.45, 2.75) is 20.8 Å². The molecule has 12 heavy (non-hydrogen) atoms. The van der Waals surface area contributed by atoms with Gasteiger partial charge in [-0.05, 0) is 12.8 Å². The molecule has 0 saturated heterocycles. The molecule has 0 radical (unpaired) electrons. The summed E-state index contributed by atoms with van der Waals surface area (Å²) in [6, 6.07) is 0. The Balaban J connectivity index is 4.23. The van der Waals surface area contributed by atoms with Crippen LogP contribution in [0.25, 0.3) is 0 Å². The van der Waals surface area contributed by atoms with Crippen molar-refractivity contribution < 1.29 is 9.53 Å². The Bertz CT molecular complexity index is 173. The number of rotatable bonds is 4. The molecular formula is C9H15BrO2. The molecule has 0 aliphatic carbocycles. The first-order valence-electron chi connectivity index (χ1n) is 4.05. The van der Waals surface area contributed by atoms with Crippen molar-refractivity contribution in [1.82, 2.24) is 0 Å². The lowest BCUT2D eigenvalue weighted by molar-refractivity contribution is -0.138. The van der Waals surface area contributed by atoms with Crippen LogP contribution in [0.1, 0.15) is 20.8 Å². The van der Waals surface area contributed by atoms with Crippen molar-refractivity contribution >= 4 is 21.9 Å². The number of esters is 1. The highest BCUT2D eigenvalue weighted by Crippen LogP contribution is 2.07.